The molecule has 0 aliphatic rings. The van der Waals surface area contributed by atoms with E-state index in [-0.39, 0.29) is 12.0 Å². The van der Waals surface area contributed by atoms with Crippen molar-refractivity contribution in [1.82, 2.24) is 0 Å². The molecule has 0 spiro atoms. The van der Waals surface area contributed by atoms with E-state index in [1.54, 1.807) is 18.2 Å². The average Bonchev–Trinajstić information content (AvgIpc) is 2.35. The average molecular weight is 251 g/mol. The van der Waals surface area contributed by atoms with Gasteiger partial charge < -0.3 is 5.73 Å². The van der Waals surface area contributed by atoms with Crippen LogP contribution in [-0.4, -0.2) is 0 Å². The predicted octanol–water partition coefficient (Wildman–Crippen LogP) is 3.35. The van der Waals surface area contributed by atoms with Crippen molar-refractivity contribution in [3.05, 3.63) is 71.0 Å². The van der Waals surface area contributed by atoms with Gasteiger partial charge in [0.15, 0.2) is 0 Å². The van der Waals surface area contributed by atoms with Crippen LogP contribution in [0.3, 0.4) is 0 Å². The fraction of sp³-hybridized carbons (Fsp3) is 0.143. The molecular weight excluding hydrogens is 239 g/mol. The molecule has 2 rings (SSSR count). The van der Waals surface area contributed by atoms with E-state index in [2.05, 4.69) is 0 Å². The third-order valence-corrected chi connectivity index (χ3v) is 2.76. The van der Waals surface area contributed by atoms with Gasteiger partial charge in [-0.05, 0) is 36.2 Å². The summed E-state index contributed by atoms with van der Waals surface area (Å²) in [6.45, 7) is 0. The zero-order chi connectivity index (χ0) is 13.1. The molecule has 1 atom stereocenters. The minimum atomic E-state index is -0.780. The Balaban J connectivity index is 2.25. The van der Waals surface area contributed by atoms with E-state index in [9.17, 15) is 13.2 Å². The highest BCUT2D eigenvalue weighted by Gasteiger charge is 2.14. The summed E-state index contributed by atoms with van der Waals surface area (Å²) in [5, 5.41) is 0. The highest BCUT2D eigenvalue weighted by atomic mass is 19.1. The van der Waals surface area contributed by atoms with Crippen LogP contribution < -0.4 is 5.73 Å². The van der Waals surface area contributed by atoms with Crippen molar-refractivity contribution in [2.75, 3.05) is 0 Å². The van der Waals surface area contributed by atoms with Crippen molar-refractivity contribution in [2.24, 2.45) is 5.73 Å². The molecule has 0 aromatic heterocycles. The molecule has 1 unspecified atom stereocenters. The van der Waals surface area contributed by atoms with Crippen molar-refractivity contribution in [2.45, 2.75) is 12.5 Å². The maximum atomic E-state index is 13.5. The van der Waals surface area contributed by atoms with Crippen LogP contribution >= 0.6 is 0 Å². The van der Waals surface area contributed by atoms with Crippen molar-refractivity contribution >= 4 is 0 Å². The summed E-state index contributed by atoms with van der Waals surface area (Å²) in [5.41, 5.74) is 6.23. The van der Waals surface area contributed by atoms with Crippen LogP contribution in [0.4, 0.5) is 13.2 Å². The lowest BCUT2D eigenvalue weighted by atomic mass is 9.99. The minimum Gasteiger partial charge on any atom is -0.324 e. The summed E-state index contributed by atoms with van der Waals surface area (Å²) >= 11 is 0. The number of nitrogens with two attached hydrogens (primary N) is 1. The summed E-state index contributed by atoms with van der Waals surface area (Å²) in [5.74, 6) is -1.54. The molecule has 18 heavy (non-hydrogen) atoms. The topological polar surface area (TPSA) is 26.0 Å². The fourth-order valence-electron chi connectivity index (χ4n) is 1.81. The Morgan fingerprint density at radius 1 is 0.944 bits per heavy atom. The van der Waals surface area contributed by atoms with Crippen LogP contribution in [0.25, 0.3) is 0 Å². The highest BCUT2D eigenvalue weighted by Crippen LogP contribution is 2.21. The zero-order valence-electron chi connectivity index (χ0n) is 9.54. The predicted molar refractivity (Wildman–Crippen MR) is 63.4 cm³/mol. The molecule has 94 valence electrons. The maximum absolute atomic E-state index is 13.5. The molecule has 0 saturated heterocycles. The molecular formula is C14H12F3N. The second kappa shape index (κ2) is 5.23. The molecule has 0 heterocycles. The van der Waals surface area contributed by atoms with Crippen LogP contribution in [0.5, 0.6) is 0 Å². The molecule has 0 amide bonds. The van der Waals surface area contributed by atoms with Gasteiger partial charge in [-0.2, -0.15) is 0 Å². The van der Waals surface area contributed by atoms with Gasteiger partial charge in [-0.3, -0.25) is 0 Å². The zero-order valence-corrected chi connectivity index (χ0v) is 9.54. The highest BCUT2D eigenvalue weighted by molar-refractivity contribution is 5.26. The summed E-state index contributed by atoms with van der Waals surface area (Å²) in [7, 11) is 0. The molecule has 0 radical (unpaired) electrons. The Bertz CT molecular complexity index is 554. The van der Waals surface area contributed by atoms with Crippen molar-refractivity contribution < 1.29 is 13.2 Å². The van der Waals surface area contributed by atoms with E-state index in [0.29, 0.717) is 5.56 Å². The molecule has 0 bridgehead atoms. The van der Waals surface area contributed by atoms with Crippen molar-refractivity contribution in [3.63, 3.8) is 0 Å². The molecule has 4 heteroatoms. The molecule has 0 saturated carbocycles. The van der Waals surface area contributed by atoms with E-state index < -0.39 is 23.5 Å². The first-order chi connectivity index (χ1) is 8.58. The lowest BCUT2D eigenvalue weighted by Gasteiger charge is -2.13. The Hall–Kier alpha value is -1.81. The first-order valence-corrected chi connectivity index (χ1v) is 5.52. The first kappa shape index (κ1) is 12.6. The van der Waals surface area contributed by atoms with E-state index >= 15 is 0 Å². The Morgan fingerprint density at radius 2 is 1.67 bits per heavy atom. The van der Waals surface area contributed by atoms with Crippen LogP contribution in [0, 0.1) is 17.5 Å². The van der Waals surface area contributed by atoms with Crippen LogP contribution in [0.1, 0.15) is 17.2 Å². The molecule has 1 nitrogen and oxygen atoms in total. The van der Waals surface area contributed by atoms with E-state index in [1.807, 2.05) is 0 Å². The monoisotopic (exact) mass is 251 g/mol. The Labute approximate surface area is 103 Å². The summed E-state index contributed by atoms with van der Waals surface area (Å²) < 4.78 is 39.9. The Kier molecular flexibility index (Phi) is 3.67. The van der Waals surface area contributed by atoms with Crippen LogP contribution in [0.2, 0.25) is 0 Å². The fourth-order valence-corrected chi connectivity index (χ4v) is 1.81. The van der Waals surface area contributed by atoms with Crippen LogP contribution in [-0.2, 0) is 6.42 Å². The lowest BCUT2D eigenvalue weighted by molar-refractivity contribution is 0.550. The van der Waals surface area contributed by atoms with Crippen LogP contribution in [0.15, 0.2) is 42.5 Å². The quantitative estimate of drug-likeness (QED) is 0.889. The van der Waals surface area contributed by atoms with E-state index in [0.717, 1.165) is 18.2 Å². The summed E-state index contributed by atoms with van der Waals surface area (Å²) in [4.78, 5) is 0. The van der Waals surface area contributed by atoms with E-state index in [4.69, 9.17) is 5.73 Å². The van der Waals surface area contributed by atoms with Gasteiger partial charge in [0.2, 0.25) is 0 Å². The van der Waals surface area contributed by atoms with Gasteiger partial charge in [-0.15, -0.1) is 0 Å². The summed E-state index contributed by atoms with van der Waals surface area (Å²) in [6.07, 6.45) is 0.118. The van der Waals surface area contributed by atoms with Gasteiger partial charge in [-0.1, -0.05) is 18.2 Å². The SMILES string of the molecule is NC(Cc1ccccc1F)c1cc(F)ccc1F. The number of hydrogen-bond acceptors (Lipinski definition) is 1. The van der Waals surface area contributed by atoms with E-state index in [1.165, 1.54) is 6.07 Å². The van der Waals surface area contributed by atoms with Gasteiger partial charge in [0.1, 0.15) is 17.5 Å². The van der Waals surface area contributed by atoms with Crippen molar-refractivity contribution in [3.8, 4) is 0 Å². The third kappa shape index (κ3) is 2.71. The Morgan fingerprint density at radius 3 is 2.39 bits per heavy atom. The third-order valence-electron chi connectivity index (χ3n) is 2.76. The summed E-state index contributed by atoms with van der Waals surface area (Å²) in [6, 6.07) is 8.43. The van der Waals surface area contributed by atoms with Gasteiger partial charge in [0, 0.05) is 11.6 Å². The number of rotatable bonds is 3. The number of benzene rings is 2. The largest absolute Gasteiger partial charge is 0.324 e. The minimum absolute atomic E-state index is 0.0539. The standard InChI is InChI=1S/C14H12F3N/c15-10-5-6-13(17)11(8-10)14(18)7-9-3-1-2-4-12(9)16/h1-6,8,14H,7,18H2. The molecule has 2 aromatic carbocycles. The second-order valence-electron chi connectivity index (χ2n) is 4.07. The molecule has 2 aromatic rings. The smallest absolute Gasteiger partial charge is 0.128 e. The van der Waals surface area contributed by atoms with Gasteiger partial charge in [0.05, 0.1) is 0 Å². The molecule has 0 aliphatic carbocycles. The maximum Gasteiger partial charge on any atom is 0.128 e. The van der Waals surface area contributed by atoms with Crippen molar-refractivity contribution in [1.29, 1.82) is 0 Å². The normalized spacial score (nSPS) is 12.4. The van der Waals surface area contributed by atoms with Gasteiger partial charge in [0.25, 0.3) is 0 Å². The van der Waals surface area contributed by atoms with Gasteiger partial charge >= 0.3 is 0 Å². The number of halogens is 3. The molecule has 0 fully saturated rings. The lowest BCUT2D eigenvalue weighted by Crippen LogP contribution is -2.16. The number of hydrogen-bond donors (Lipinski definition) is 1. The second-order valence-corrected chi connectivity index (χ2v) is 4.07. The molecule has 2 N–H and O–H groups in total. The molecule has 0 aliphatic heterocycles. The first-order valence-electron chi connectivity index (χ1n) is 5.52. The van der Waals surface area contributed by atoms with Gasteiger partial charge in [-0.25, -0.2) is 13.2 Å².